The lowest BCUT2D eigenvalue weighted by Crippen LogP contribution is -2.40. The average molecular weight is 320 g/mol. The van der Waals surface area contributed by atoms with E-state index >= 15 is 0 Å². The lowest BCUT2D eigenvalue weighted by molar-refractivity contribution is 0.0716. The quantitative estimate of drug-likeness (QED) is 0.799. The molecule has 1 heterocycles. The molecular weight excluding hydrogens is 300 g/mol. The van der Waals surface area contributed by atoms with Gasteiger partial charge in [-0.2, -0.15) is 0 Å². The van der Waals surface area contributed by atoms with E-state index in [0.29, 0.717) is 13.0 Å². The first-order chi connectivity index (χ1) is 11.1. The van der Waals surface area contributed by atoms with Gasteiger partial charge in [-0.3, -0.25) is 4.90 Å². The van der Waals surface area contributed by atoms with E-state index in [-0.39, 0.29) is 13.2 Å². The molecule has 1 aromatic rings. The molecule has 0 spiro atoms. The van der Waals surface area contributed by atoms with Crippen molar-refractivity contribution >= 4 is 12.2 Å². The summed E-state index contributed by atoms with van der Waals surface area (Å²) in [7, 11) is 0. The van der Waals surface area contributed by atoms with Crippen molar-refractivity contribution in [2.24, 2.45) is 5.73 Å². The van der Waals surface area contributed by atoms with Gasteiger partial charge in [-0.05, 0) is 5.56 Å². The third-order valence-electron chi connectivity index (χ3n) is 3.54. The Morgan fingerprint density at radius 3 is 2.74 bits per heavy atom. The summed E-state index contributed by atoms with van der Waals surface area (Å²) in [5.41, 5.74) is 5.93. The Bertz CT molecular complexity index is 561. The van der Waals surface area contributed by atoms with Gasteiger partial charge < -0.3 is 20.3 Å². The first kappa shape index (κ1) is 16.8. The first-order valence-electron chi connectivity index (χ1n) is 7.32. The van der Waals surface area contributed by atoms with Gasteiger partial charge in [-0.15, -0.1) is 0 Å². The van der Waals surface area contributed by atoms with Crippen LogP contribution < -0.4 is 5.73 Å². The van der Waals surface area contributed by atoms with Crippen LogP contribution in [0.2, 0.25) is 0 Å². The second-order valence-electron chi connectivity index (χ2n) is 5.10. The molecule has 1 aliphatic heterocycles. The Morgan fingerprint density at radius 2 is 2.09 bits per heavy atom. The van der Waals surface area contributed by atoms with Gasteiger partial charge in [0.15, 0.2) is 0 Å². The lowest BCUT2D eigenvalue weighted by Gasteiger charge is -2.24. The number of primary amides is 1. The van der Waals surface area contributed by atoms with Crippen LogP contribution in [-0.2, 0) is 16.1 Å². The number of nitrogens with two attached hydrogens (primary N) is 1. The third kappa shape index (κ3) is 4.72. The van der Waals surface area contributed by atoms with Crippen LogP contribution in [0.1, 0.15) is 12.0 Å². The van der Waals surface area contributed by atoms with Crippen molar-refractivity contribution < 1.29 is 24.2 Å². The van der Waals surface area contributed by atoms with Crippen molar-refractivity contribution in [1.82, 2.24) is 4.90 Å². The summed E-state index contributed by atoms with van der Waals surface area (Å²) in [6.07, 6.45) is 1.63. The second-order valence-corrected chi connectivity index (χ2v) is 5.10. The fourth-order valence-corrected chi connectivity index (χ4v) is 2.51. The highest BCUT2D eigenvalue weighted by Gasteiger charge is 2.38. The number of carbonyl (C=O) groups excluding carboxylic acids is 2. The maximum atomic E-state index is 12.3. The summed E-state index contributed by atoms with van der Waals surface area (Å²) in [5.74, 6) is 0. The van der Waals surface area contributed by atoms with Gasteiger partial charge in [0.1, 0.15) is 12.7 Å². The van der Waals surface area contributed by atoms with E-state index < -0.39 is 24.3 Å². The fourth-order valence-electron chi connectivity index (χ4n) is 2.51. The number of benzene rings is 1. The highest BCUT2D eigenvalue weighted by molar-refractivity contribution is 5.69. The zero-order valence-corrected chi connectivity index (χ0v) is 12.6. The number of carbonyl (C=O) groups is 2. The fraction of sp³-hybridized carbons (Fsp3) is 0.375. The molecule has 0 aliphatic carbocycles. The van der Waals surface area contributed by atoms with E-state index in [0.717, 1.165) is 5.56 Å². The van der Waals surface area contributed by atoms with Crippen LogP contribution in [-0.4, -0.2) is 47.5 Å². The van der Waals surface area contributed by atoms with Crippen LogP contribution in [0, 0.1) is 0 Å². The maximum Gasteiger partial charge on any atom is 0.410 e. The molecular formula is C16H20N2O5. The molecule has 2 rings (SSSR count). The van der Waals surface area contributed by atoms with Crippen LogP contribution in [0.5, 0.6) is 0 Å². The van der Waals surface area contributed by atoms with Crippen molar-refractivity contribution in [1.29, 1.82) is 0 Å². The Labute approximate surface area is 134 Å². The third-order valence-corrected chi connectivity index (χ3v) is 3.54. The van der Waals surface area contributed by atoms with Crippen LogP contribution in [0.4, 0.5) is 9.59 Å². The molecule has 7 heteroatoms. The predicted octanol–water partition coefficient (Wildman–Crippen LogP) is 1.41. The molecule has 3 N–H and O–H groups in total. The predicted molar refractivity (Wildman–Crippen MR) is 82.4 cm³/mol. The normalized spacial score (nSPS) is 20.7. The number of likely N-dealkylation sites (tertiary alicyclic amines) is 1. The van der Waals surface area contributed by atoms with Crippen molar-refractivity contribution in [2.45, 2.75) is 25.2 Å². The monoisotopic (exact) mass is 320 g/mol. The summed E-state index contributed by atoms with van der Waals surface area (Å²) in [6.45, 7) is 0.368. The number of amides is 2. The summed E-state index contributed by atoms with van der Waals surface area (Å²) < 4.78 is 10.3. The molecule has 0 radical (unpaired) electrons. The molecule has 1 fully saturated rings. The van der Waals surface area contributed by atoms with E-state index in [4.69, 9.17) is 20.3 Å². The van der Waals surface area contributed by atoms with Crippen LogP contribution in [0.15, 0.2) is 42.5 Å². The second kappa shape index (κ2) is 8.19. The zero-order valence-electron chi connectivity index (χ0n) is 12.6. The van der Waals surface area contributed by atoms with Crippen molar-refractivity contribution in [3.05, 3.63) is 48.0 Å². The highest BCUT2D eigenvalue weighted by atomic mass is 16.6. The van der Waals surface area contributed by atoms with Gasteiger partial charge in [-0.25, -0.2) is 9.59 Å². The largest absolute Gasteiger partial charge is 0.445 e. The summed E-state index contributed by atoms with van der Waals surface area (Å²) in [6, 6.07) is 8.83. The lowest BCUT2D eigenvalue weighted by atomic mass is 10.1. The summed E-state index contributed by atoms with van der Waals surface area (Å²) >= 11 is 0. The Balaban J connectivity index is 1.99. The van der Waals surface area contributed by atoms with Gasteiger partial charge in [0.2, 0.25) is 0 Å². The molecule has 1 saturated heterocycles. The van der Waals surface area contributed by atoms with Gasteiger partial charge in [-0.1, -0.05) is 42.5 Å². The van der Waals surface area contributed by atoms with Crippen LogP contribution in [0.25, 0.3) is 0 Å². The highest BCUT2D eigenvalue weighted by Crippen LogP contribution is 2.23. The molecule has 23 heavy (non-hydrogen) atoms. The minimum Gasteiger partial charge on any atom is -0.445 e. The topological polar surface area (TPSA) is 102 Å². The molecule has 7 nitrogen and oxygen atoms in total. The Morgan fingerprint density at radius 1 is 1.35 bits per heavy atom. The Hall–Kier alpha value is -2.54. The van der Waals surface area contributed by atoms with Gasteiger partial charge >= 0.3 is 12.2 Å². The van der Waals surface area contributed by atoms with Gasteiger partial charge in [0, 0.05) is 13.0 Å². The number of hydrogen-bond acceptors (Lipinski definition) is 5. The van der Waals surface area contributed by atoms with E-state index in [1.807, 2.05) is 30.3 Å². The maximum absolute atomic E-state index is 12.3. The van der Waals surface area contributed by atoms with Crippen LogP contribution >= 0.6 is 0 Å². The number of aliphatic hydroxyl groups is 1. The standard InChI is InChI=1S/C16H20N2O5/c17-15(20)23-14-8-9-18(13(14)7-4-10-19)16(21)22-11-12-5-2-1-3-6-12/h1-7,13-14,19H,8-11H2,(H2,17,20)/b7-4+/t13-,14-/m0/s1. The number of nitrogens with zero attached hydrogens (tertiary/aromatic N) is 1. The van der Waals surface area contributed by atoms with Gasteiger partial charge in [0.05, 0.1) is 12.6 Å². The molecule has 1 aliphatic rings. The first-order valence-corrected chi connectivity index (χ1v) is 7.32. The van der Waals surface area contributed by atoms with E-state index in [2.05, 4.69) is 0 Å². The van der Waals surface area contributed by atoms with E-state index in [1.54, 1.807) is 6.08 Å². The van der Waals surface area contributed by atoms with E-state index in [9.17, 15) is 9.59 Å². The van der Waals surface area contributed by atoms with E-state index in [1.165, 1.54) is 11.0 Å². The molecule has 0 unspecified atom stereocenters. The SMILES string of the molecule is NC(=O)O[C@H]1CCN(C(=O)OCc2ccccc2)[C@H]1/C=C/CO. The minimum atomic E-state index is -0.892. The Kier molecular flexibility index (Phi) is 5.99. The number of hydrogen-bond donors (Lipinski definition) is 2. The average Bonchev–Trinajstić information content (AvgIpc) is 2.93. The van der Waals surface area contributed by atoms with Gasteiger partial charge in [0.25, 0.3) is 0 Å². The minimum absolute atomic E-state index is 0.161. The molecule has 1 aromatic carbocycles. The molecule has 0 saturated carbocycles. The summed E-state index contributed by atoms with van der Waals surface area (Å²) in [5, 5.41) is 8.92. The summed E-state index contributed by atoms with van der Waals surface area (Å²) in [4.78, 5) is 24.7. The number of rotatable bonds is 5. The molecule has 124 valence electrons. The number of ether oxygens (including phenoxy) is 2. The number of aliphatic hydroxyl groups excluding tert-OH is 1. The molecule has 2 amide bonds. The van der Waals surface area contributed by atoms with Crippen molar-refractivity contribution in [2.75, 3.05) is 13.2 Å². The van der Waals surface area contributed by atoms with Crippen molar-refractivity contribution in [3.63, 3.8) is 0 Å². The molecule has 0 aromatic heterocycles. The molecule has 2 atom stereocenters. The zero-order chi connectivity index (χ0) is 16.7. The smallest absolute Gasteiger partial charge is 0.410 e. The van der Waals surface area contributed by atoms with Crippen molar-refractivity contribution in [3.8, 4) is 0 Å². The molecule has 0 bridgehead atoms. The van der Waals surface area contributed by atoms with Crippen LogP contribution in [0.3, 0.4) is 0 Å².